The number of ketones is 3. The van der Waals surface area contributed by atoms with Crippen LogP contribution < -0.4 is 5.32 Å². The molecule has 3 fully saturated rings. The molecule has 0 bridgehead atoms. The number of fused-ring (bicyclic) bond motifs is 2. The van der Waals surface area contributed by atoms with Crippen molar-refractivity contribution in [1.82, 2.24) is 15.2 Å². The summed E-state index contributed by atoms with van der Waals surface area (Å²) in [6.45, 7) is 12.4. The van der Waals surface area contributed by atoms with Crippen molar-refractivity contribution >= 4 is 40.4 Å². The van der Waals surface area contributed by atoms with Crippen molar-refractivity contribution in [1.29, 1.82) is 0 Å². The van der Waals surface area contributed by atoms with Crippen molar-refractivity contribution in [3.8, 4) is 0 Å². The van der Waals surface area contributed by atoms with Gasteiger partial charge in [-0.2, -0.15) is 0 Å². The van der Waals surface area contributed by atoms with Crippen LogP contribution in [0.15, 0.2) is 42.6 Å². The van der Waals surface area contributed by atoms with Crippen LogP contribution in [-0.4, -0.2) is 108 Å². The fraction of sp³-hybridized carbons (Fsp3) is 0.651. The highest BCUT2D eigenvalue weighted by atomic mass is 16.7. The summed E-state index contributed by atoms with van der Waals surface area (Å²) in [6.07, 6.45) is 3.47. The van der Waals surface area contributed by atoms with Gasteiger partial charge in [-0.05, 0) is 85.2 Å². The van der Waals surface area contributed by atoms with Crippen LogP contribution in [0.4, 0.5) is 4.79 Å². The van der Waals surface area contributed by atoms with Crippen molar-refractivity contribution in [3.05, 3.63) is 48.2 Å². The molecular formula is C43H61N3O9. The van der Waals surface area contributed by atoms with Gasteiger partial charge in [-0.25, -0.2) is 4.79 Å². The number of para-hydroxylation sites is 1. The molecule has 12 nitrogen and oxygen atoms in total. The van der Waals surface area contributed by atoms with Gasteiger partial charge in [-0.1, -0.05) is 51.1 Å². The molecule has 2 saturated heterocycles. The molecule has 12 heteroatoms. The molecular weight excluding hydrogens is 702 g/mol. The maximum absolute atomic E-state index is 14.4. The van der Waals surface area contributed by atoms with Gasteiger partial charge in [0.2, 0.25) is 0 Å². The Morgan fingerprint density at radius 3 is 2.44 bits per heavy atom. The first-order valence-electron chi connectivity index (χ1n) is 19.7. The van der Waals surface area contributed by atoms with Crippen LogP contribution >= 0.6 is 0 Å². The number of aliphatic hydroxyl groups is 1. The monoisotopic (exact) mass is 763 g/mol. The summed E-state index contributed by atoms with van der Waals surface area (Å²) < 4.78 is 24.9. The lowest BCUT2D eigenvalue weighted by molar-refractivity contribution is -0.295. The van der Waals surface area contributed by atoms with Crippen LogP contribution in [0, 0.1) is 29.6 Å². The number of methoxy groups -OCH3 is 1. The number of benzene rings is 1. The summed E-state index contributed by atoms with van der Waals surface area (Å²) in [5.41, 5.74) is -0.608. The van der Waals surface area contributed by atoms with Gasteiger partial charge in [0.05, 0.1) is 35.3 Å². The number of aromatic nitrogens is 1. The van der Waals surface area contributed by atoms with Crippen molar-refractivity contribution in [2.24, 2.45) is 29.6 Å². The third kappa shape index (κ3) is 9.04. The number of nitrogens with zero attached hydrogens (tertiary/aromatic N) is 2. The van der Waals surface area contributed by atoms with Crippen LogP contribution in [0.3, 0.4) is 0 Å². The number of pyridine rings is 1. The number of carbonyl (C=O) groups is 4. The highest BCUT2D eigenvalue weighted by Crippen LogP contribution is 2.43. The molecule has 1 saturated carbocycles. The summed E-state index contributed by atoms with van der Waals surface area (Å²) >= 11 is 0. The number of hydrogen-bond donors (Lipinski definition) is 2. The summed E-state index contributed by atoms with van der Waals surface area (Å²) in [4.78, 5) is 62.5. The van der Waals surface area contributed by atoms with E-state index in [-0.39, 0.29) is 42.3 Å². The van der Waals surface area contributed by atoms with Gasteiger partial charge in [0, 0.05) is 54.8 Å². The highest BCUT2D eigenvalue weighted by Gasteiger charge is 2.56. The fourth-order valence-electron chi connectivity index (χ4n) is 9.16. The molecule has 13 atom stereocenters. The first-order chi connectivity index (χ1) is 25.9. The van der Waals surface area contributed by atoms with E-state index in [2.05, 4.69) is 16.4 Å². The Labute approximate surface area is 325 Å². The van der Waals surface area contributed by atoms with E-state index in [1.165, 1.54) is 7.11 Å². The molecule has 1 aliphatic carbocycles. The van der Waals surface area contributed by atoms with Crippen LogP contribution in [0.1, 0.15) is 86.1 Å². The molecule has 3 aliphatic rings. The second kappa shape index (κ2) is 17.3. The standard InChI is InChI=1S/C43H61N3O9/c1-24-22-42(6,52-10)39(54-40-37(50)33(46(8)9)19-25(2)53-40)28(5)36(49)26(3)34(47)21-31(43(7)38(27(4)35(24)48)45-41(51)55-43)17-13-11-15-29-20-30-16-12-14-18-32(30)44-23-29/h11-12,14-16,18,20,23-28,31,33,37-40,50H,13,17,19,21-22H2,1-10H3,(H,45,51)/t24-,25-,26+,27+,28+,31+,33+,37-,38-,39-,40+,42-,43-/m1/s1. The normalized spacial score (nSPS) is 38.2. The summed E-state index contributed by atoms with van der Waals surface area (Å²) in [7, 11) is 5.27. The Morgan fingerprint density at radius 1 is 1.04 bits per heavy atom. The smallest absolute Gasteiger partial charge is 0.408 e. The topological polar surface area (TPSA) is 154 Å². The van der Waals surface area contributed by atoms with Crippen molar-refractivity contribution < 1.29 is 43.2 Å². The van der Waals surface area contributed by atoms with Crippen LogP contribution in [0.25, 0.3) is 17.0 Å². The Kier molecular flexibility index (Phi) is 13.4. The lowest BCUT2D eigenvalue weighted by Gasteiger charge is -2.47. The molecule has 3 heterocycles. The van der Waals surface area contributed by atoms with E-state index in [1.807, 2.05) is 69.3 Å². The maximum atomic E-state index is 14.4. The molecule has 1 aromatic heterocycles. The number of rotatable bonds is 8. The third-order valence-electron chi connectivity index (χ3n) is 12.6. The van der Waals surface area contributed by atoms with Crippen molar-refractivity contribution in [2.75, 3.05) is 21.2 Å². The Bertz CT molecular complexity index is 1750. The number of likely N-dealkylation sites (N-methyl/N-ethyl adjacent to an activating group) is 1. The first kappa shape index (κ1) is 42.6. The molecule has 5 rings (SSSR count). The second-order valence-electron chi connectivity index (χ2n) is 16.9. The molecule has 1 amide bonds. The summed E-state index contributed by atoms with van der Waals surface area (Å²) in [5, 5.41) is 15.4. The Hall–Kier alpha value is -3.55. The average molecular weight is 764 g/mol. The van der Waals surface area contributed by atoms with Gasteiger partial charge in [0.25, 0.3) is 0 Å². The molecule has 55 heavy (non-hydrogen) atoms. The van der Waals surface area contributed by atoms with Gasteiger partial charge >= 0.3 is 6.09 Å². The summed E-state index contributed by atoms with van der Waals surface area (Å²) in [5.74, 6) is -4.50. The number of nitrogens with one attached hydrogen (secondary N) is 1. The number of carbonyl (C=O) groups excluding carboxylic acids is 4. The summed E-state index contributed by atoms with van der Waals surface area (Å²) in [6, 6.07) is 8.94. The van der Waals surface area contributed by atoms with Crippen LogP contribution in [0.2, 0.25) is 0 Å². The zero-order valence-corrected chi connectivity index (χ0v) is 34.1. The zero-order chi connectivity index (χ0) is 40.4. The minimum absolute atomic E-state index is 0.0526. The van der Waals surface area contributed by atoms with Crippen molar-refractivity contribution in [2.45, 2.75) is 128 Å². The largest absolute Gasteiger partial charge is 0.441 e. The molecule has 302 valence electrons. The molecule has 0 spiro atoms. The molecule has 2 N–H and O–H groups in total. The maximum Gasteiger partial charge on any atom is 0.408 e. The third-order valence-corrected chi connectivity index (χ3v) is 12.6. The fourth-order valence-corrected chi connectivity index (χ4v) is 9.16. The van der Waals surface area contributed by atoms with Crippen molar-refractivity contribution in [3.63, 3.8) is 0 Å². The quantitative estimate of drug-likeness (QED) is 0.315. The first-order valence-corrected chi connectivity index (χ1v) is 19.7. The van der Waals surface area contributed by atoms with Gasteiger partial charge in [0.15, 0.2) is 6.29 Å². The van der Waals surface area contributed by atoms with Gasteiger partial charge < -0.3 is 34.3 Å². The molecule has 0 radical (unpaired) electrons. The number of Topliss-reactive ketones (excluding diaryl/α,β-unsaturated/α-hetero) is 3. The van der Waals surface area contributed by atoms with E-state index < -0.39 is 71.4 Å². The molecule has 0 unspecified atom stereocenters. The number of hydrogen-bond acceptors (Lipinski definition) is 11. The minimum Gasteiger partial charge on any atom is -0.441 e. The van der Waals surface area contributed by atoms with Gasteiger partial charge in [-0.3, -0.25) is 19.4 Å². The highest BCUT2D eigenvalue weighted by molar-refractivity contribution is 6.03. The number of alkyl carbamates (subject to hydrolysis) is 1. The van der Waals surface area contributed by atoms with E-state index >= 15 is 0 Å². The lowest BCUT2D eigenvalue weighted by atomic mass is 9.69. The van der Waals surface area contributed by atoms with Gasteiger partial charge in [-0.15, -0.1) is 0 Å². The Morgan fingerprint density at radius 2 is 1.75 bits per heavy atom. The molecule has 2 aromatic rings. The minimum atomic E-state index is -1.22. The van der Waals surface area contributed by atoms with Crippen LogP contribution in [0.5, 0.6) is 0 Å². The average Bonchev–Trinajstić information content (AvgIpc) is 3.47. The number of aliphatic hydroxyl groups excluding tert-OH is 1. The second-order valence-corrected chi connectivity index (χ2v) is 16.9. The van der Waals surface area contributed by atoms with Gasteiger partial charge in [0.1, 0.15) is 29.1 Å². The van der Waals surface area contributed by atoms with Crippen LogP contribution in [-0.2, 0) is 33.3 Å². The molecule has 1 aromatic carbocycles. The number of allylic oxidation sites excluding steroid dienone is 1. The lowest BCUT2D eigenvalue weighted by Crippen LogP contribution is -2.59. The SMILES string of the molecule is CO[C@]1(C)C[C@@H](C)C(=O)[C@H](C)[C@H]2NC(=O)O[C@]2(C)[C@@H](CCC=Cc2cnc3ccccc3c2)CC(=O)[C@H](C)C(=O)[C@H](C)[C@H]1O[C@@H]1O[C@H](C)C[C@H](N(C)C)[C@H]1O. The predicted octanol–water partition coefficient (Wildman–Crippen LogP) is 5.77. The number of ether oxygens (including phenoxy) is 4. The van der Waals surface area contributed by atoms with E-state index in [9.17, 15) is 24.3 Å². The number of amides is 1. The molecule has 2 aliphatic heterocycles. The Balaban J connectivity index is 1.48. The zero-order valence-electron chi connectivity index (χ0n) is 34.1. The van der Waals surface area contributed by atoms with E-state index in [0.29, 0.717) is 19.3 Å². The predicted molar refractivity (Wildman–Crippen MR) is 209 cm³/mol. The van der Waals surface area contributed by atoms with E-state index in [1.54, 1.807) is 40.8 Å². The van der Waals surface area contributed by atoms with E-state index in [0.717, 1.165) is 16.5 Å². The van der Waals surface area contributed by atoms with E-state index in [4.69, 9.17) is 18.9 Å².